The van der Waals surface area contributed by atoms with Gasteiger partial charge in [-0.3, -0.25) is 9.59 Å². The Kier molecular flexibility index (Phi) is 5.04. The molecule has 4 rings (SSSR count). The van der Waals surface area contributed by atoms with Crippen LogP contribution >= 0.6 is 23.2 Å². The molecule has 1 unspecified atom stereocenters. The molecular weight excluding hydrogens is 459 g/mol. The minimum atomic E-state index is -2.28. The average Bonchev–Trinajstić information content (AvgIpc) is 3.08. The number of ketones is 1. The number of aromatic nitrogens is 2. The lowest BCUT2D eigenvalue weighted by molar-refractivity contribution is -0.137. The second-order valence-electron chi connectivity index (χ2n) is 6.58. The molecule has 4 N–H and O–H groups in total. The van der Waals surface area contributed by atoms with Crippen molar-refractivity contribution in [3.8, 4) is 6.07 Å². The van der Waals surface area contributed by atoms with Crippen LogP contribution in [0.25, 0.3) is 0 Å². The maximum atomic E-state index is 13.2. The summed E-state index contributed by atoms with van der Waals surface area (Å²) in [6, 6.07) is 10.6. The Bertz CT molecular complexity index is 1350. The molecule has 0 saturated heterocycles. The first-order valence-corrected chi connectivity index (χ1v) is 9.63. The number of azo groups is 1. The Morgan fingerprint density at radius 1 is 1.22 bits per heavy atom. The molecule has 0 radical (unpaired) electrons. The van der Waals surface area contributed by atoms with Crippen LogP contribution in [0.15, 0.2) is 66.9 Å². The smallest absolute Gasteiger partial charge is 0.308 e. The predicted molar refractivity (Wildman–Crippen MR) is 115 cm³/mol. The Hall–Kier alpha value is -4.01. The Balaban J connectivity index is 2.00. The van der Waals surface area contributed by atoms with Gasteiger partial charge >= 0.3 is 5.97 Å². The summed E-state index contributed by atoms with van der Waals surface area (Å²) in [4.78, 5) is 29.1. The van der Waals surface area contributed by atoms with E-state index in [0.717, 1.165) is 11.6 Å². The molecule has 2 aliphatic rings. The first-order chi connectivity index (χ1) is 15.2. The standard InChI is InChI=1S/C19H12Cl2N8O3/c1-8(30)32-14-10-16(23)25-18-13(27-26-9-5-3-2-4-6-9)17(24)28-29(18)19(10,7-22)15(31)12(21)11(14)20/h2-6H,1H3,(H2,23,25)(H2,24,28). The molecule has 1 aromatic heterocycles. The Morgan fingerprint density at radius 2 is 1.91 bits per heavy atom. The summed E-state index contributed by atoms with van der Waals surface area (Å²) in [5.74, 6) is -2.73. The number of anilines is 1. The van der Waals surface area contributed by atoms with Crippen molar-refractivity contribution in [1.82, 2.24) is 9.78 Å². The molecule has 0 fully saturated rings. The number of allylic oxidation sites excluding steroid dienone is 2. The number of esters is 1. The fourth-order valence-electron chi connectivity index (χ4n) is 3.26. The highest BCUT2D eigenvalue weighted by molar-refractivity contribution is 6.52. The minimum Gasteiger partial charge on any atom is -0.424 e. The van der Waals surface area contributed by atoms with Gasteiger partial charge in [-0.15, -0.1) is 10.2 Å². The fraction of sp³-hybridized carbons (Fsp3) is 0.105. The number of hydrogen-bond acceptors (Lipinski definition) is 10. The lowest BCUT2D eigenvalue weighted by Gasteiger charge is -2.35. The quantitative estimate of drug-likeness (QED) is 0.510. The van der Waals surface area contributed by atoms with Crippen LogP contribution in [0.4, 0.5) is 23.0 Å². The minimum absolute atomic E-state index is 0.0240. The SMILES string of the molecule is CC(=O)OC1=C2C(N)=Nc3c(N=Nc4ccccc4)c(N)nn3C2(C#N)C(=O)C(Cl)=C1Cl. The van der Waals surface area contributed by atoms with Crippen LogP contribution in [-0.2, 0) is 19.9 Å². The van der Waals surface area contributed by atoms with Gasteiger partial charge < -0.3 is 16.2 Å². The van der Waals surface area contributed by atoms with Crippen LogP contribution in [0.5, 0.6) is 0 Å². The molecule has 0 amide bonds. The number of nitrogens with two attached hydrogens (primary N) is 2. The molecule has 1 atom stereocenters. The Morgan fingerprint density at radius 3 is 2.53 bits per heavy atom. The highest BCUT2D eigenvalue weighted by Crippen LogP contribution is 2.50. The van der Waals surface area contributed by atoms with Gasteiger partial charge in [0, 0.05) is 6.92 Å². The van der Waals surface area contributed by atoms with E-state index in [2.05, 4.69) is 20.3 Å². The lowest BCUT2D eigenvalue weighted by Crippen LogP contribution is -2.51. The number of carbonyl (C=O) groups is 2. The van der Waals surface area contributed by atoms with Crippen LogP contribution in [0.2, 0.25) is 0 Å². The Labute approximate surface area is 190 Å². The second-order valence-corrected chi connectivity index (χ2v) is 7.33. The summed E-state index contributed by atoms with van der Waals surface area (Å²) < 4.78 is 6.06. The fourth-order valence-corrected chi connectivity index (χ4v) is 3.70. The van der Waals surface area contributed by atoms with E-state index in [1.54, 1.807) is 24.3 Å². The number of rotatable bonds is 3. The van der Waals surface area contributed by atoms with Crippen molar-refractivity contribution in [1.29, 1.82) is 5.26 Å². The van der Waals surface area contributed by atoms with Crippen molar-refractivity contribution in [2.75, 3.05) is 5.73 Å². The molecule has 1 aliphatic heterocycles. The van der Waals surface area contributed by atoms with Crippen LogP contribution in [0.1, 0.15) is 6.92 Å². The van der Waals surface area contributed by atoms with Gasteiger partial charge in [0.1, 0.15) is 22.0 Å². The van der Waals surface area contributed by atoms with Gasteiger partial charge in [-0.05, 0) is 12.1 Å². The average molecular weight is 471 g/mol. The molecule has 0 saturated carbocycles. The number of amidine groups is 1. The number of aliphatic imine (C=N–C) groups is 1. The van der Waals surface area contributed by atoms with E-state index in [1.165, 1.54) is 0 Å². The molecule has 11 nitrogen and oxygen atoms in total. The number of fused-ring (bicyclic) bond motifs is 3. The molecule has 160 valence electrons. The van der Waals surface area contributed by atoms with Crippen LogP contribution in [0.3, 0.4) is 0 Å². The van der Waals surface area contributed by atoms with Crippen molar-refractivity contribution < 1.29 is 14.3 Å². The van der Waals surface area contributed by atoms with Gasteiger partial charge in [-0.1, -0.05) is 41.4 Å². The van der Waals surface area contributed by atoms with E-state index in [0.29, 0.717) is 5.69 Å². The topological polar surface area (TPSA) is 174 Å². The summed E-state index contributed by atoms with van der Waals surface area (Å²) in [5, 5.41) is 21.4. The van der Waals surface area contributed by atoms with Gasteiger partial charge in [0.2, 0.25) is 11.3 Å². The van der Waals surface area contributed by atoms with Crippen LogP contribution in [-0.4, -0.2) is 27.4 Å². The van der Waals surface area contributed by atoms with Gasteiger partial charge in [0.15, 0.2) is 23.1 Å². The van der Waals surface area contributed by atoms with Gasteiger partial charge in [-0.25, -0.2) is 9.67 Å². The van der Waals surface area contributed by atoms with Crippen molar-refractivity contribution in [3.05, 3.63) is 51.7 Å². The molecule has 1 aliphatic carbocycles. The van der Waals surface area contributed by atoms with E-state index < -0.39 is 27.4 Å². The third-order valence-electron chi connectivity index (χ3n) is 4.60. The first kappa shape index (κ1) is 21.2. The van der Waals surface area contributed by atoms with Gasteiger partial charge in [-0.2, -0.15) is 10.4 Å². The number of Topliss-reactive ketones (excluding diaryl/α,β-unsaturated/α-hetero) is 1. The molecular formula is C19H12Cl2N8O3. The summed E-state index contributed by atoms with van der Waals surface area (Å²) in [5.41, 5.74) is 10.0. The lowest BCUT2D eigenvalue weighted by atomic mass is 9.80. The first-order valence-electron chi connectivity index (χ1n) is 8.87. The van der Waals surface area contributed by atoms with Crippen molar-refractivity contribution in [2.45, 2.75) is 12.5 Å². The third kappa shape index (κ3) is 2.96. The number of nitriles is 1. The maximum absolute atomic E-state index is 13.2. The zero-order chi connectivity index (χ0) is 23.2. The monoisotopic (exact) mass is 470 g/mol. The number of benzene rings is 1. The third-order valence-corrected chi connectivity index (χ3v) is 5.42. The van der Waals surface area contributed by atoms with Crippen LogP contribution in [0, 0.1) is 11.3 Å². The van der Waals surface area contributed by atoms with Crippen molar-refractivity contribution in [3.63, 3.8) is 0 Å². The number of carbonyl (C=O) groups excluding carboxylic acids is 2. The van der Waals surface area contributed by atoms with E-state index in [9.17, 15) is 14.9 Å². The van der Waals surface area contributed by atoms with E-state index in [1.807, 2.05) is 12.1 Å². The normalized spacial score (nSPS) is 20.1. The molecule has 0 bridgehead atoms. The summed E-state index contributed by atoms with van der Waals surface area (Å²) in [6.45, 7) is 1.10. The molecule has 13 heteroatoms. The van der Waals surface area contributed by atoms with E-state index in [-0.39, 0.29) is 34.5 Å². The number of ether oxygens (including phenoxy) is 1. The van der Waals surface area contributed by atoms with Gasteiger partial charge in [0.25, 0.3) is 0 Å². The highest BCUT2D eigenvalue weighted by atomic mass is 35.5. The molecule has 1 aromatic carbocycles. The summed E-state index contributed by atoms with van der Waals surface area (Å²) in [6.07, 6.45) is 0. The number of nitrogens with zero attached hydrogens (tertiary/aromatic N) is 6. The zero-order valence-electron chi connectivity index (χ0n) is 16.2. The molecule has 32 heavy (non-hydrogen) atoms. The number of nitrogen functional groups attached to an aromatic ring is 1. The second kappa shape index (κ2) is 7.60. The highest BCUT2D eigenvalue weighted by Gasteiger charge is 2.57. The molecule has 2 aromatic rings. The zero-order valence-corrected chi connectivity index (χ0v) is 17.7. The predicted octanol–water partition coefficient (Wildman–Crippen LogP) is 3.19. The van der Waals surface area contributed by atoms with E-state index >= 15 is 0 Å². The molecule has 0 spiro atoms. The maximum Gasteiger partial charge on any atom is 0.308 e. The number of halogens is 2. The van der Waals surface area contributed by atoms with Crippen LogP contribution < -0.4 is 11.5 Å². The summed E-state index contributed by atoms with van der Waals surface area (Å²) in [7, 11) is 0. The van der Waals surface area contributed by atoms with Gasteiger partial charge in [0.05, 0.1) is 11.3 Å². The van der Waals surface area contributed by atoms with E-state index in [4.69, 9.17) is 39.4 Å². The largest absolute Gasteiger partial charge is 0.424 e. The van der Waals surface area contributed by atoms with Crippen molar-refractivity contribution in [2.24, 2.45) is 21.0 Å². The number of hydrogen-bond donors (Lipinski definition) is 2. The summed E-state index contributed by atoms with van der Waals surface area (Å²) >= 11 is 12.3. The molecule has 2 heterocycles. The van der Waals surface area contributed by atoms with Crippen molar-refractivity contribution >= 4 is 63.8 Å².